The van der Waals surface area contributed by atoms with Crippen molar-refractivity contribution in [2.75, 3.05) is 13.7 Å². The van der Waals surface area contributed by atoms with E-state index < -0.39 is 6.04 Å². The van der Waals surface area contributed by atoms with Gasteiger partial charge in [-0.2, -0.15) is 0 Å². The molecule has 1 fully saturated rings. The highest BCUT2D eigenvalue weighted by atomic mass is 16.5. The summed E-state index contributed by atoms with van der Waals surface area (Å²) in [7, 11) is 1.64. The monoisotopic (exact) mass is 414 g/mol. The molecule has 0 spiro atoms. The van der Waals surface area contributed by atoms with Gasteiger partial charge >= 0.3 is 0 Å². The number of rotatable bonds is 6. The predicted molar refractivity (Wildman–Crippen MR) is 121 cm³/mol. The molecule has 5 nitrogen and oxygen atoms in total. The molecule has 1 aliphatic heterocycles. The molecule has 1 atom stereocenters. The zero-order valence-corrected chi connectivity index (χ0v) is 17.6. The predicted octanol–water partition coefficient (Wildman–Crippen LogP) is 4.28. The van der Waals surface area contributed by atoms with Crippen LogP contribution in [0.25, 0.3) is 11.1 Å². The maximum Gasteiger partial charge on any atom is 0.254 e. The Hall–Kier alpha value is -3.60. The molecule has 3 aromatic carbocycles. The number of nitrogens with one attached hydrogen (secondary N) is 1. The van der Waals surface area contributed by atoms with Gasteiger partial charge in [0, 0.05) is 24.2 Å². The van der Waals surface area contributed by atoms with Crippen molar-refractivity contribution < 1.29 is 14.3 Å². The van der Waals surface area contributed by atoms with Crippen molar-refractivity contribution in [3.63, 3.8) is 0 Å². The summed E-state index contributed by atoms with van der Waals surface area (Å²) < 4.78 is 5.46. The molecule has 1 saturated heterocycles. The van der Waals surface area contributed by atoms with Crippen molar-refractivity contribution in [2.24, 2.45) is 0 Å². The molecule has 31 heavy (non-hydrogen) atoms. The fraction of sp³-hybridized carbons (Fsp3) is 0.231. The van der Waals surface area contributed by atoms with Crippen LogP contribution in [0.5, 0.6) is 5.75 Å². The van der Waals surface area contributed by atoms with Crippen LogP contribution >= 0.6 is 0 Å². The van der Waals surface area contributed by atoms with Gasteiger partial charge in [-0.05, 0) is 42.2 Å². The van der Waals surface area contributed by atoms with Crippen molar-refractivity contribution in [1.82, 2.24) is 10.2 Å². The van der Waals surface area contributed by atoms with Gasteiger partial charge in [-0.15, -0.1) is 0 Å². The Morgan fingerprint density at radius 3 is 2.58 bits per heavy atom. The van der Waals surface area contributed by atoms with Crippen molar-refractivity contribution in [3.8, 4) is 16.9 Å². The summed E-state index contributed by atoms with van der Waals surface area (Å²) >= 11 is 0. The molecule has 1 heterocycles. The van der Waals surface area contributed by atoms with Crippen molar-refractivity contribution in [2.45, 2.75) is 25.4 Å². The average Bonchev–Trinajstić information content (AvgIpc) is 3.33. The van der Waals surface area contributed by atoms with Gasteiger partial charge < -0.3 is 15.0 Å². The molecule has 1 aliphatic rings. The van der Waals surface area contributed by atoms with E-state index in [-0.39, 0.29) is 11.8 Å². The first kappa shape index (κ1) is 20.7. The van der Waals surface area contributed by atoms with Crippen LogP contribution in [0.3, 0.4) is 0 Å². The molecule has 0 aliphatic carbocycles. The van der Waals surface area contributed by atoms with Gasteiger partial charge in [0.05, 0.1) is 7.11 Å². The number of para-hydroxylation sites is 1. The number of hydrogen-bond donors (Lipinski definition) is 1. The Morgan fingerprint density at radius 2 is 1.77 bits per heavy atom. The number of likely N-dealkylation sites (tertiary alicyclic amines) is 1. The van der Waals surface area contributed by atoms with E-state index in [2.05, 4.69) is 5.32 Å². The maximum absolute atomic E-state index is 13.3. The second-order valence-electron chi connectivity index (χ2n) is 7.64. The summed E-state index contributed by atoms with van der Waals surface area (Å²) in [5, 5.41) is 2.98. The largest absolute Gasteiger partial charge is 0.496 e. The topological polar surface area (TPSA) is 58.6 Å². The molecular weight excluding hydrogens is 388 g/mol. The molecule has 0 radical (unpaired) electrons. The zero-order valence-electron chi connectivity index (χ0n) is 17.6. The van der Waals surface area contributed by atoms with Gasteiger partial charge in [0.1, 0.15) is 11.8 Å². The molecule has 0 saturated carbocycles. The van der Waals surface area contributed by atoms with E-state index in [1.807, 2.05) is 72.8 Å². The van der Waals surface area contributed by atoms with Crippen LogP contribution in [0.4, 0.5) is 0 Å². The third-order valence-electron chi connectivity index (χ3n) is 5.65. The number of methoxy groups -OCH3 is 1. The van der Waals surface area contributed by atoms with Crippen LogP contribution in [0.2, 0.25) is 0 Å². The molecule has 0 unspecified atom stereocenters. The molecule has 2 amide bonds. The zero-order chi connectivity index (χ0) is 21.6. The Balaban J connectivity index is 1.50. The lowest BCUT2D eigenvalue weighted by atomic mass is 10.0. The molecule has 1 N–H and O–H groups in total. The Kier molecular flexibility index (Phi) is 6.32. The van der Waals surface area contributed by atoms with E-state index in [1.54, 1.807) is 18.1 Å². The van der Waals surface area contributed by atoms with E-state index >= 15 is 0 Å². The first-order chi connectivity index (χ1) is 15.2. The quantitative estimate of drug-likeness (QED) is 0.655. The van der Waals surface area contributed by atoms with Crippen molar-refractivity contribution in [1.29, 1.82) is 0 Å². The second kappa shape index (κ2) is 9.47. The minimum atomic E-state index is -0.439. The minimum absolute atomic E-state index is 0.101. The fourth-order valence-electron chi connectivity index (χ4n) is 4.05. The van der Waals surface area contributed by atoms with Crippen LogP contribution < -0.4 is 10.1 Å². The Labute approximate surface area is 182 Å². The Bertz CT molecular complexity index is 1070. The normalized spacial score (nSPS) is 15.5. The summed E-state index contributed by atoms with van der Waals surface area (Å²) in [5.74, 6) is 0.538. The summed E-state index contributed by atoms with van der Waals surface area (Å²) in [6, 6.07) is 24.6. The summed E-state index contributed by atoms with van der Waals surface area (Å²) in [6.07, 6.45) is 1.50. The summed E-state index contributed by atoms with van der Waals surface area (Å²) in [5.41, 5.74) is 3.45. The fourth-order valence-corrected chi connectivity index (χ4v) is 4.05. The van der Waals surface area contributed by atoms with E-state index in [1.165, 1.54) is 0 Å². The molecule has 0 aromatic heterocycles. The van der Waals surface area contributed by atoms with Gasteiger partial charge in [0.2, 0.25) is 5.91 Å². The summed E-state index contributed by atoms with van der Waals surface area (Å²) in [6.45, 7) is 1.04. The molecular formula is C26H26N2O3. The minimum Gasteiger partial charge on any atom is -0.496 e. The second-order valence-corrected chi connectivity index (χ2v) is 7.64. The summed E-state index contributed by atoms with van der Waals surface area (Å²) in [4.78, 5) is 27.8. The van der Waals surface area contributed by atoms with Crippen LogP contribution in [0.1, 0.15) is 28.8 Å². The van der Waals surface area contributed by atoms with E-state index in [0.29, 0.717) is 25.1 Å². The highest BCUT2D eigenvalue weighted by Gasteiger charge is 2.34. The average molecular weight is 415 g/mol. The third kappa shape index (κ3) is 4.61. The molecule has 0 bridgehead atoms. The van der Waals surface area contributed by atoms with Gasteiger partial charge in [-0.25, -0.2) is 0 Å². The number of carbonyl (C=O) groups is 2. The smallest absolute Gasteiger partial charge is 0.254 e. The van der Waals surface area contributed by atoms with E-state index in [9.17, 15) is 9.59 Å². The van der Waals surface area contributed by atoms with Crippen LogP contribution in [-0.2, 0) is 11.3 Å². The van der Waals surface area contributed by atoms with Gasteiger partial charge in [-0.3, -0.25) is 9.59 Å². The Morgan fingerprint density at radius 1 is 1.00 bits per heavy atom. The lowest BCUT2D eigenvalue weighted by molar-refractivity contribution is -0.125. The van der Waals surface area contributed by atoms with Gasteiger partial charge in [-0.1, -0.05) is 60.7 Å². The number of hydrogen-bond acceptors (Lipinski definition) is 3. The van der Waals surface area contributed by atoms with E-state index in [0.717, 1.165) is 28.9 Å². The first-order valence-corrected chi connectivity index (χ1v) is 10.5. The van der Waals surface area contributed by atoms with Gasteiger partial charge in [0.25, 0.3) is 5.91 Å². The van der Waals surface area contributed by atoms with Crippen LogP contribution in [0, 0.1) is 0 Å². The van der Waals surface area contributed by atoms with Crippen LogP contribution in [0.15, 0.2) is 78.9 Å². The van der Waals surface area contributed by atoms with Gasteiger partial charge in [0.15, 0.2) is 0 Å². The maximum atomic E-state index is 13.3. The van der Waals surface area contributed by atoms with E-state index in [4.69, 9.17) is 4.74 Å². The highest BCUT2D eigenvalue weighted by molar-refractivity contribution is 5.99. The first-order valence-electron chi connectivity index (χ1n) is 10.5. The number of amides is 2. The lowest BCUT2D eigenvalue weighted by Gasteiger charge is -2.24. The number of ether oxygens (including phenoxy) is 1. The number of benzene rings is 3. The standard InChI is InChI=1S/C26H26N2O3/c1-31-24-15-6-5-13-22(24)20-11-7-12-21(17-20)26(30)28-16-8-14-23(28)25(29)27-18-19-9-3-2-4-10-19/h2-7,9-13,15,17,23H,8,14,16,18H2,1H3,(H,27,29)/t23-/m0/s1. The number of nitrogens with zero attached hydrogens (tertiary/aromatic N) is 1. The number of carbonyl (C=O) groups excluding carboxylic acids is 2. The molecule has 158 valence electrons. The van der Waals surface area contributed by atoms with Crippen molar-refractivity contribution >= 4 is 11.8 Å². The third-order valence-corrected chi connectivity index (χ3v) is 5.65. The lowest BCUT2D eigenvalue weighted by Crippen LogP contribution is -2.45. The highest BCUT2D eigenvalue weighted by Crippen LogP contribution is 2.30. The van der Waals surface area contributed by atoms with Crippen LogP contribution in [-0.4, -0.2) is 36.4 Å². The molecule has 4 rings (SSSR count). The SMILES string of the molecule is COc1ccccc1-c1cccc(C(=O)N2CCC[C@H]2C(=O)NCc2ccccc2)c1. The van der Waals surface area contributed by atoms with Crippen molar-refractivity contribution in [3.05, 3.63) is 90.0 Å². The molecule has 3 aromatic rings. The molecule has 5 heteroatoms.